The zero-order chi connectivity index (χ0) is 19.9. The van der Waals surface area contributed by atoms with Crippen molar-refractivity contribution >= 4 is 11.9 Å². The van der Waals surface area contributed by atoms with Crippen molar-refractivity contribution in [3.05, 3.63) is 35.1 Å². The van der Waals surface area contributed by atoms with E-state index < -0.39 is 0 Å². The lowest BCUT2D eigenvalue weighted by Gasteiger charge is -2.36. The number of rotatable bonds is 6. The van der Waals surface area contributed by atoms with E-state index in [0.717, 1.165) is 45.0 Å². The van der Waals surface area contributed by atoms with Gasteiger partial charge in [-0.1, -0.05) is 0 Å². The van der Waals surface area contributed by atoms with Crippen LogP contribution in [0.4, 0.5) is 4.39 Å². The molecule has 8 heteroatoms. The molecule has 0 radical (unpaired) electrons. The lowest BCUT2D eigenvalue weighted by atomic mass is 10.1. The second-order valence-electron chi connectivity index (χ2n) is 7.19. The van der Waals surface area contributed by atoms with Crippen molar-refractivity contribution in [3.8, 4) is 6.07 Å². The van der Waals surface area contributed by atoms with E-state index in [1.807, 2.05) is 13.0 Å². The van der Waals surface area contributed by atoms with Crippen molar-refractivity contribution in [2.24, 2.45) is 4.99 Å². The van der Waals surface area contributed by atoms with E-state index in [1.165, 1.54) is 12.1 Å². The van der Waals surface area contributed by atoms with Gasteiger partial charge in [0.1, 0.15) is 5.82 Å². The molecule has 0 atom stereocenters. The minimum absolute atomic E-state index is 0.101. The standard InChI is InChI=1S/C20H27FN6O/c1-2-23-20(24-13-16-11-15(12-22)3-6-18(16)21)27-9-7-26(8-10-27)14-19(28)25-17-4-5-17/h3,6,11,17H,2,4-5,7-10,13-14H2,1H3,(H,23,24)(H,25,28). The van der Waals surface area contributed by atoms with Crippen molar-refractivity contribution in [2.45, 2.75) is 32.4 Å². The molecule has 1 saturated heterocycles. The highest BCUT2D eigenvalue weighted by Gasteiger charge is 2.25. The van der Waals surface area contributed by atoms with E-state index in [-0.39, 0.29) is 18.3 Å². The summed E-state index contributed by atoms with van der Waals surface area (Å²) in [5, 5.41) is 15.3. The number of nitriles is 1. The van der Waals surface area contributed by atoms with Crippen LogP contribution in [0.25, 0.3) is 0 Å². The van der Waals surface area contributed by atoms with Gasteiger partial charge in [0.2, 0.25) is 5.91 Å². The van der Waals surface area contributed by atoms with Crippen molar-refractivity contribution in [3.63, 3.8) is 0 Å². The van der Waals surface area contributed by atoms with Crippen LogP contribution in [0, 0.1) is 17.1 Å². The fraction of sp³-hybridized carbons (Fsp3) is 0.550. The van der Waals surface area contributed by atoms with Crippen molar-refractivity contribution < 1.29 is 9.18 Å². The molecule has 1 amide bonds. The van der Waals surface area contributed by atoms with Crippen LogP contribution in [-0.4, -0.2) is 67.0 Å². The Bertz CT molecular complexity index is 762. The van der Waals surface area contributed by atoms with Gasteiger partial charge in [-0.2, -0.15) is 5.26 Å². The Morgan fingerprint density at radius 3 is 2.71 bits per heavy atom. The quantitative estimate of drug-likeness (QED) is 0.564. The number of benzene rings is 1. The predicted octanol–water partition coefficient (Wildman–Crippen LogP) is 1.06. The smallest absolute Gasteiger partial charge is 0.234 e. The molecule has 2 fully saturated rings. The van der Waals surface area contributed by atoms with Crippen LogP contribution in [-0.2, 0) is 11.3 Å². The number of halogens is 1. The third kappa shape index (κ3) is 5.67. The molecule has 1 aliphatic heterocycles. The Balaban J connectivity index is 1.56. The average Bonchev–Trinajstić information content (AvgIpc) is 3.51. The minimum atomic E-state index is -0.356. The van der Waals surface area contributed by atoms with Gasteiger partial charge in [0.05, 0.1) is 24.7 Å². The molecule has 0 aromatic heterocycles. The van der Waals surface area contributed by atoms with Gasteiger partial charge >= 0.3 is 0 Å². The number of carbonyl (C=O) groups excluding carboxylic acids is 1. The van der Waals surface area contributed by atoms with Gasteiger partial charge in [0.15, 0.2) is 5.96 Å². The van der Waals surface area contributed by atoms with E-state index in [0.29, 0.717) is 30.3 Å². The fourth-order valence-corrected chi connectivity index (χ4v) is 3.17. The number of amides is 1. The van der Waals surface area contributed by atoms with Crippen molar-refractivity contribution in [1.82, 2.24) is 20.4 Å². The second kappa shape index (κ2) is 9.51. The summed E-state index contributed by atoms with van der Waals surface area (Å²) in [5.41, 5.74) is 0.833. The fourth-order valence-electron chi connectivity index (χ4n) is 3.17. The topological polar surface area (TPSA) is 83.8 Å². The maximum absolute atomic E-state index is 14.0. The minimum Gasteiger partial charge on any atom is -0.357 e. The highest BCUT2D eigenvalue weighted by molar-refractivity contribution is 5.80. The molecule has 1 heterocycles. The molecule has 3 rings (SSSR count). The Morgan fingerprint density at radius 2 is 2.07 bits per heavy atom. The van der Waals surface area contributed by atoms with Gasteiger partial charge in [-0.3, -0.25) is 9.69 Å². The number of piperazine rings is 1. The Kier molecular flexibility index (Phi) is 6.82. The van der Waals surface area contributed by atoms with Gasteiger partial charge in [0.25, 0.3) is 0 Å². The largest absolute Gasteiger partial charge is 0.357 e. The molecule has 1 saturated carbocycles. The number of carbonyl (C=O) groups is 1. The van der Waals surface area contributed by atoms with E-state index in [2.05, 4.69) is 25.4 Å². The van der Waals surface area contributed by atoms with E-state index in [9.17, 15) is 9.18 Å². The summed E-state index contributed by atoms with van der Waals surface area (Å²) in [7, 11) is 0. The summed E-state index contributed by atoms with van der Waals surface area (Å²) < 4.78 is 14.0. The van der Waals surface area contributed by atoms with E-state index >= 15 is 0 Å². The first-order valence-corrected chi connectivity index (χ1v) is 9.82. The van der Waals surface area contributed by atoms with Gasteiger partial charge in [-0.25, -0.2) is 9.38 Å². The summed E-state index contributed by atoms with van der Waals surface area (Å²) in [6.45, 7) is 6.38. The molecule has 0 spiro atoms. The summed E-state index contributed by atoms with van der Waals surface area (Å²) in [6, 6.07) is 6.73. The van der Waals surface area contributed by atoms with Crippen LogP contribution in [0.15, 0.2) is 23.2 Å². The number of nitrogens with one attached hydrogen (secondary N) is 2. The SMILES string of the molecule is CCNC(=NCc1cc(C#N)ccc1F)N1CCN(CC(=O)NC2CC2)CC1. The molecule has 1 aromatic carbocycles. The third-order valence-corrected chi connectivity index (χ3v) is 4.89. The van der Waals surface area contributed by atoms with Gasteiger partial charge in [0, 0.05) is 44.3 Å². The molecule has 150 valence electrons. The summed E-state index contributed by atoms with van der Waals surface area (Å²) >= 11 is 0. The van der Waals surface area contributed by atoms with Gasteiger partial charge in [-0.05, 0) is 38.0 Å². The predicted molar refractivity (Wildman–Crippen MR) is 105 cm³/mol. The summed E-state index contributed by atoms with van der Waals surface area (Å²) in [5.74, 6) is 0.473. The number of hydrogen-bond acceptors (Lipinski definition) is 4. The molecule has 1 aromatic rings. The van der Waals surface area contributed by atoms with Crippen LogP contribution in [0.1, 0.15) is 30.9 Å². The Hall–Kier alpha value is -2.66. The molecular formula is C20H27FN6O. The normalized spacial score (nSPS) is 17.9. The third-order valence-electron chi connectivity index (χ3n) is 4.89. The monoisotopic (exact) mass is 386 g/mol. The first-order chi connectivity index (χ1) is 13.6. The maximum Gasteiger partial charge on any atom is 0.234 e. The highest BCUT2D eigenvalue weighted by atomic mass is 19.1. The highest BCUT2D eigenvalue weighted by Crippen LogP contribution is 2.18. The number of nitrogens with zero attached hydrogens (tertiary/aromatic N) is 4. The second-order valence-corrected chi connectivity index (χ2v) is 7.19. The number of hydrogen-bond donors (Lipinski definition) is 2. The summed E-state index contributed by atoms with van der Waals surface area (Å²) in [6.07, 6.45) is 2.19. The number of guanidine groups is 1. The lowest BCUT2D eigenvalue weighted by molar-refractivity contribution is -0.122. The molecule has 7 nitrogen and oxygen atoms in total. The van der Waals surface area contributed by atoms with Crippen LogP contribution in [0.3, 0.4) is 0 Å². The zero-order valence-corrected chi connectivity index (χ0v) is 16.2. The van der Waals surface area contributed by atoms with Crippen LogP contribution >= 0.6 is 0 Å². The molecule has 0 bridgehead atoms. The summed E-state index contributed by atoms with van der Waals surface area (Å²) in [4.78, 5) is 20.8. The van der Waals surface area contributed by atoms with Crippen molar-refractivity contribution in [2.75, 3.05) is 39.3 Å². The molecule has 0 unspecified atom stereocenters. The van der Waals surface area contributed by atoms with Crippen LogP contribution < -0.4 is 10.6 Å². The van der Waals surface area contributed by atoms with Gasteiger partial charge in [-0.15, -0.1) is 0 Å². The van der Waals surface area contributed by atoms with Crippen LogP contribution in [0.5, 0.6) is 0 Å². The molecule has 1 aliphatic carbocycles. The number of aliphatic imine (C=N–C) groups is 1. The zero-order valence-electron chi connectivity index (χ0n) is 16.2. The molecule has 2 aliphatic rings. The Labute approximate surface area is 165 Å². The average molecular weight is 386 g/mol. The van der Waals surface area contributed by atoms with Crippen molar-refractivity contribution in [1.29, 1.82) is 5.26 Å². The van der Waals surface area contributed by atoms with Gasteiger partial charge < -0.3 is 15.5 Å². The lowest BCUT2D eigenvalue weighted by Crippen LogP contribution is -2.54. The maximum atomic E-state index is 14.0. The molecule has 2 N–H and O–H groups in total. The van der Waals surface area contributed by atoms with E-state index in [1.54, 1.807) is 6.07 Å². The molecule has 28 heavy (non-hydrogen) atoms. The first-order valence-electron chi connectivity index (χ1n) is 9.82. The van der Waals surface area contributed by atoms with E-state index in [4.69, 9.17) is 5.26 Å². The molecular weight excluding hydrogens is 359 g/mol. The van der Waals surface area contributed by atoms with Crippen LogP contribution in [0.2, 0.25) is 0 Å². The Morgan fingerprint density at radius 1 is 1.32 bits per heavy atom. The first kappa shape index (κ1) is 20.1.